The number of carbonyl (C=O) groups is 1. The smallest absolute Gasteiger partial charge is 0.243 e. The number of aromatic amines is 1. The lowest BCUT2D eigenvalue weighted by molar-refractivity contribution is -0.116. The van der Waals surface area contributed by atoms with Gasteiger partial charge in [-0.15, -0.1) is 0 Å². The van der Waals surface area contributed by atoms with Crippen molar-refractivity contribution < 1.29 is 9.53 Å². The second-order valence-electron chi connectivity index (χ2n) is 5.57. The van der Waals surface area contributed by atoms with Crippen molar-refractivity contribution in [2.75, 3.05) is 39.4 Å². The Kier molecular flexibility index (Phi) is 5.39. The molecule has 0 bridgehead atoms. The molecule has 3 heterocycles. The molecule has 2 aromatic rings. The number of fused-ring (bicyclic) bond motifs is 1. The van der Waals surface area contributed by atoms with Crippen LogP contribution in [0.1, 0.15) is 5.56 Å². The van der Waals surface area contributed by atoms with Crippen LogP contribution in [0.2, 0.25) is 0 Å². The van der Waals surface area contributed by atoms with Gasteiger partial charge in [-0.1, -0.05) is 6.08 Å². The molecule has 2 aromatic heterocycles. The highest BCUT2D eigenvalue weighted by Gasteiger charge is 2.08. The molecule has 6 nitrogen and oxygen atoms in total. The third-order valence-corrected chi connectivity index (χ3v) is 3.97. The number of morpholine rings is 1. The number of rotatable bonds is 6. The molecule has 122 valence electrons. The van der Waals surface area contributed by atoms with E-state index in [0.717, 1.165) is 50.3 Å². The fourth-order valence-electron chi connectivity index (χ4n) is 2.69. The normalized spacial score (nSPS) is 16.2. The van der Waals surface area contributed by atoms with E-state index >= 15 is 0 Å². The number of amides is 1. The van der Waals surface area contributed by atoms with Crippen molar-refractivity contribution in [2.24, 2.45) is 0 Å². The molecule has 2 N–H and O–H groups in total. The molecule has 23 heavy (non-hydrogen) atoms. The van der Waals surface area contributed by atoms with Crippen molar-refractivity contribution in [3.63, 3.8) is 0 Å². The zero-order valence-electron chi connectivity index (χ0n) is 13.1. The minimum Gasteiger partial charge on any atom is -0.379 e. The Morgan fingerprint density at radius 1 is 1.43 bits per heavy atom. The summed E-state index contributed by atoms with van der Waals surface area (Å²) in [6.45, 7) is 4.83. The Balaban J connectivity index is 1.40. The van der Waals surface area contributed by atoms with E-state index < -0.39 is 0 Å². The number of H-pyrrole nitrogens is 1. The van der Waals surface area contributed by atoms with E-state index in [4.69, 9.17) is 4.74 Å². The molecule has 0 spiro atoms. The van der Waals surface area contributed by atoms with E-state index in [9.17, 15) is 4.79 Å². The summed E-state index contributed by atoms with van der Waals surface area (Å²) in [7, 11) is 0. The van der Waals surface area contributed by atoms with Crippen molar-refractivity contribution in [1.82, 2.24) is 20.2 Å². The van der Waals surface area contributed by atoms with E-state index in [-0.39, 0.29) is 5.91 Å². The first-order chi connectivity index (χ1) is 11.3. The maximum Gasteiger partial charge on any atom is 0.243 e. The lowest BCUT2D eigenvalue weighted by Gasteiger charge is -2.24. The summed E-state index contributed by atoms with van der Waals surface area (Å²) in [5, 5.41) is 4.04. The summed E-state index contributed by atoms with van der Waals surface area (Å²) in [4.78, 5) is 21.5. The Labute approximate surface area is 135 Å². The van der Waals surface area contributed by atoms with E-state index in [1.54, 1.807) is 12.3 Å². The van der Waals surface area contributed by atoms with Crippen molar-refractivity contribution in [2.45, 2.75) is 6.42 Å². The van der Waals surface area contributed by atoms with E-state index in [0.29, 0.717) is 6.54 Å². The first-order valence-corrected chi connectivity index (χ1v) is 7.98. The molecule has 1 fully saturated rings. The summed E-state index contributed by atoms with van der Waals surface area (Å²) >= 11 is 0. The number of pyridine rings is 1. The molecule has 1 saturated heterocycles. The third kappa shape index (κ3) is 4.40. The highest BCUT2D eigenvalue weighted by molar-refractivity contribution is 5.87. The van der Waals surface area contributed by atoms with Crippen LogP contribution in [0.3, 0.4) is 0 Å². The van der Waals surface area contributed by atoms with Crippen molar-refractivity contribution >= 4 is 16.9 Å². The second-order valence-corrected chi connectivity index (χ2v) is 5.57. The van der Waals surface area contributed by atoms with Crippen LogP contribution >= 0.6 is 0 Å². The topological polar surface area (TPSA) is 70.2 Å². The average Bonchev–Trinajstić information content (AvgIpc) is 2.99. The van der Waals surface area contributed by atoms with Crippen LogP contribution in [-0.4, -0.2) is 60.2 Å². The maximum atomic E-state index is 11.8. The Morgan fingerprint density at radius 3 is 3.17 bits per heavy atom. The van der Waals surface area contributed by atoms with Gasteiger partial charge >= 0.3 is 0 Å². The van der Waals surface area contributed by atoms with Crippen molar-refractivity contribution in [3.8, 4) is 0 Å². The zero-order chi connectivity index (χ0) is 15.9. The molecule has 0 aliphatic carbocycles. The largest absolute Gasteiger partial charge is 0.379 e. The Bertz CT molecular complexity index is 674. The molecule has 0 aromatic carbocycles. The number of hydrogen-bond donors (Lipinski definition) is 2. The fourth-order valence-corrected chi connectivity index (χ4v) is 2.69. The third-order valence-electron chi connectivity index (χ3n) is 3.97. The summed E-state index contributed by atoms with van der Waals surface area (Å²) < 4.78 is 5.29. The number of hydrogen-bond acceptors (Lipinski definition) is 4. The maximum absolute atomic E-state index is 11.8. The molecule has 0 unspecified atom stereocenters. The lowest BCUT2D eigenvalue weighted by Crippen LogP contribution is -2.36. The molecular formula is C17H22N4O2. The molecule has 1 aliphatic rings. The second kappa shape index (κ2) is 7.89. The molecule has 0 radical (unpaired) electrons. The summed E-state index contributed by atoms with van der Waals surface area (Å²) in [5.74, 6) is -0.0452. The van der Waals surface area contributed by atoms with Gasteiger partial charge in [-0.05, 0) is 24.1 Å². The summed E-state index contributed by atoms with van der Waals surface area (Å²) in [6, 6.07) is 3.96. The van der Waals surface area contributed by atoms with Crippen LogP contribution in [0.5, 0.6) is 0 Å². The van der Waals surface area contributed by atoms with Gasteiger partial charge in [0.05, 0.1) is 13.2 Å². The van der Waals surface area contributed by atoms with Crippen LogP contribution in [0, 0.1) is 0 Å². The molecule has 1 aliphatic heterocycles. The van der Waals surface area contributed by atoms with Crippen LogP contribution in [0.4, 0.5) is 0 Å². The minimum atomic E-state index is -0.0452. The number of carbonyl (C=O) groups excluding carboxylic acids is 1. The van der Waals surface area contributed by atoms with Gasteiger partial charge in [-0.25, -0.2) is 4.98 Å². The predicted molar refractivity (Wildman–Crippen MR) is 89.2 cm³/mol. The molecule has 0 saturated carbocycles. The van der Waals surface area contributed by atoms with Gasteiger partial charge in [0, 0.05) is 50.0 Å². The van der Waals surface area contributed by atoms with Crippen LogP contribution in [0.25, 0.3) is 11.0 Å². The van der Waals surface area contributed by atoms with Gasteiger partial charge in [0.1, 0.15) is 5.65 Å². The van der Waals surface area contributed by atoms with Crippen LogP contribution in [0.15, 0.2) is 36.7 Å². The monoisotopic (exact) mass is 314 g/mol. The molecule has 0 atom stereocenters. The van der Waals surface area contributed by atoms with Gasteiger partial charge < -0.3 is 15.0 Å². The van der Waals surface area contributed by atoms with Crippen LogP contribution in [-0.2, 0) is 16.0 Å². The van der Waals surface area contributed by atoms with E-state index in [1.165, 1.54) is 5.56 Å². The average molecular weight is 314 g/mol. The number of aromatic nitrogens is 2. The number of nitrogens with zero attached hydrogens (tertiary/aromatic N) is 2. The molecular weight excluding hydrogens is 292 g/mol. The Hall–Kier alpha value is -2.18. The van der Waals surface area contributed by atoms with Gasteiger partial charge in [0.15, 0.2) is 0 Å². The standard InChI is InChI=1S/C17H22N4O2/c22-16(4-2-8-21-9-11-23-12-10-21)18-7-5-14-13-20-17-15(14)3-1-6-19-17/h1-4,6,13H,5,7-12H2,(H,18,22)(H,19,20)/b4-2+. The predicted octanol–water partition coefficient (Wildman–Crippen LogP) is 1.11. The molecule has 6 heteroatoms. The molecule has 1 amide bonds. The van der Waals surface area contributed by atoms with Gasteiger partial charge in [0.2, 0.25) is 5.91 Å². The highest BCUT2D eigenvalue weighted by atomic mass is 16.5. The van der Waals surface area contributed by atoms with Crippen LogP contribution < -0.4 is 5.32 Å². The summed E-state index contributed by atoms with van der Waals surface area (Å²) in [6.07, 6.45) is 8.04. The number of ether oxygens (including phenoxy) is 1. The van der Waals surface area contributed by atoms with Crippen molar-refractivity contribution in [3.05, 3.63) is 42.2 Å². The first kappa shape index (κ1) is 15.7. The van der Waals surface area contributed by atoms with Crippen molar-refractivity contribution in [1.29, 1.82) is 0 Å². The highest BCUT2D eigenvalue weighted by Crippen LogP contribution is 2.15. The molecule has 3 rings (SSSR count). The van der Waals surface area contributed by atoms with E-state index in [2.05, 4.69) is 20.2 Å². The quantitative estimate of drug-likeness (QED) is 0.784. The van der Waals surface area contributed by atoms with Gasteiger partial charge in [-0.2, -0.15) is 0 Å². The minimum absolute atomic E-state index is 0.0452. The van der Waals surface area contributed by atoms with Gasteiger partial charge in [-0.3, -0.25) is 9.69 Å². The zero-order valence-corrected chi connectivity index (χ0v) is 13.1. The lowest BCUT2D eigenvalue weighted by atomic mass is 10.1. The number of nitrogens with one attached hydrogen (secondary N) is 2. The Morgan fingerprint density at radius 2 is 2.30 bits per heavy atom. The SMILES string of the molecule is O=C(/C=C/CN1CCOCC1)NCCc1c[nH]c2ncccc12. The van der Waals surface area contributed by atoms with Gasteiger partial charge in [0.25, 0.3) is 0 Å². The summed E-state index contributed by atoms with van der Waals surface area (Å²) in [5.41, 5.74) is 2.06. The first-order valence-electron chi connectivity index (χ1n) is 7.98. The fraction of sp³-hybridized carbons (Fsp3) is 0.412. The van der Waals surface area contributed by atoms with E-state index in [1.807, 2.05) is 24.4 Å².